The molecule has 0 bridgehead atoms. The lowest BCUT2D eigenvalue weighted by Gasteiger charge is -2.15. The number of phenolic OH excluding ortho intramolecular Hbond substituents is 1. The molecule has 0 heterocycles. The number of benzene rings is 1. The summed E-state index contributed by atoms with van der Waals surface area (Å²) in [6.45, 7) is 1.55. The standard InChI is InChI=1S/C14H20N2O2/c1-16(12-6-7-12)9-8-15-14(18)10-11-4-2-3-5-13(11)17/h2-5,12,17H,6-10H2,1H3,(H,15,18). The van der Waals surface area contributed by atoms with Crippen molar-refractivity contribution < 1.29 is 9.90 Å². The number of rotatable bonds is 6. The van der Waals surface area contributed by atoms with Gasteiger partial charge in [0, 0.05) is 24.7 Å². The van der Waals surface area contributed by atoms with E-state index >= 15 is 0 Å². The highest BCUT2D eigenvalue weighted by Crippen LogP contribution is 2.24. The van der Waals surface area contributed by atoms with Gasteiger partial charge in [-0.15, -0.1) is 0 Å². The molecule has 1 aromatic carbocycles. The topological polar surface area (TPSA) is 52.6 Å². The first-order chi connectivity index (χ1) is 8.66. The second-order valence-electron chi connectivity index (χ2n) is 4.87. The minimum atomic E-state index is -0.0410. The molecule has 2 rings (SSSR count). The summed E-state index contributed by atoms with van der Waals surface area (Å²) in [5, 5.41) is 12.4. The van der Waals surface area contributed by atoms with Crippen molar-refractivity contribution in [1.29, 1.82) is 0 Å². The smallest absolute Gasteiger partial charge is 0.224 e. The monoisotopic (exact) mass is 248 g/mol. The zero-order valence-electron chi connectivity index (χ0n) is 10.7. The Morgan fingerprint density at radius 1 is 1.44 bits per heavy atom. The number of aromatic hydroxyl groups is 1. The SMILES string of the molecule is CN(CCNC(=O)Cc1ccccc1O)C1CC1. The van der Waals surface area contributed by atoms with E-state index in [1.807, 2.05) is 6.07 Å². The van der Waals surface area contributed by atoms with Crippen LogP contribution in [0.1, 0.15) is 18.4 Å². The van der Waals surface area contributed by atoms with E-state index in [4.69, 9.17) is 0 Å². The van der Waals surface area contributed by atoms with Gasteiger partial charge in [-0.3, -0.25) is 4.79 Å². The van der Waals surface area contributed by atoms with Gasteiger partial charge in [-0.05, 0) is 26.0 Å². The van der Waals surface area contributed by atoms with E-state index in [9.17, 15) is 9.90 Å². The predicted molar refractivity (Wildman–Crippen MR) is 70.5 cm³/mol. The van der Waals surface area contributed by atoms with Gasteiger partial charge in [0.1, 0.15) is 5.75 Å². The molecule has 18 heavy (non-hydrogen) atoms. The molecule has 98 valence electrons. The lowest BCUT2D eigenvalue weighted by molar-refractivity contribution is -0.120. The molecule has 1 aliphatic carbocycles. The molecule has 0 saturated heterocycles. The van der Waals surface area contributed by atoms with E-state index in [1.165, 1.54) is 12.8 Å². The van der Waals surface area contributed by atoms with Crippen LogP contribution in [0.5, 0.6) is 5.75 Å². The number of hydrogen-bond acceptors (Lipinski definition) is 3. The van der Waals surface area contributed by atoms with Crippen LogP contribution in [0.4, 0.5) is 0 Å². The highest BCUT2D eigenvalue weighted by molar-refractivity contribution is 5.79. The Labute approximate surface area is 108 Å². The summed E-state index contributed by atoms with van der Waals surface area (Å²) >= 11 is 0. The molecule has 0 aliphatic heterocycles. The Morgan fingerprint density at radius 2 is 2.17 bits per heavy atom. The lowest BCUT2D eigenvalue weighted by atomic mass is 10.1. The van der Waals surface area contributed by atoms with Gasteiger partial charge in [0.05, 0.1) is 6.42 Å². The van der Waals surface area contributed by atoms with Crippen molar-refractivity contribution in [3.8, 4) is 5.75 Å². The van der Waals surface area contributed by atoms with E-state index in [2.05, 4.69) is 17.3 Å². The van der Waals surface area contributed by atoms with Crippen LogP contribution in [0.2, 0.25) is 0 Å². The zero-order chi connectivity index (χ0) is 13.0. The Balaban J connectivity index is 1.70. The molecular formula is C14H20N2O2. The van der Waals surface area contributed by atoms with Crippen LogP contribution in [0.25, 0.3) is 0 Å². The molecule has 4 heteroatoms. The van der Waals surface area contributed by atoms with Crippen LogP contribution >= 0.6 is 0 Å². The molecular weight excluding hydrogens is 228 g/mol. The highest BCUT2D eigenvalue weighted by atomic mass is 16.3. The number of carbonyl (C=O) groups is 1. The average molecular weight is 248 g/mol. The Morgan fingerprint density at radius 3 is 2.83 bits per heavy atom. The normalized spacial score (nSPS) is 14.8. The molecule has 2 N–H and O–H groups in total. The summed E-state index contributed by atoms with van der Waals surface area (Å²) in [5.41, 5.74) is 0.672. The van der Waals surface area contributed by atoms with Gasteiger partial charge in [0.2, 0.25) is 5.91 Å². The highest BCUT2D eigenvalue weighted by Gasteiger charge is 2.25. The summed E-state index contributed by atoms with van der Waals surface area (Å²) in [6.07, 6.45) is 2.80. The second-order valence-corrected chi connectivity index (χ2v) is 4.87. The summed E-state index contributed by atoms with van der Waals surface area (Å²) < 4.78 is 0. The van der Waals surface area contributed by atoms with Crippen molar-refractivity contribution in [1.82, 2.24) is 10.2 Å². The number of likely N-dealkylation sites (N-methyl/N-ethyl adjacent to an activating group) is 1. The maximum absolute atomic E-state index is 11.7. The first kappa shape index (κ1) is 12.9. The van der Waals surface area contributed by atoms with Gasteiger partial charge >= 0.3 is 0 Å². The minimum absolute atomic E-state index is 0.0410. The molecule has 1 aromatic rings. The lowest BCUT2D eigenvalue weighted by Crippen LogP contribution is -2.34. The quantitative estimate of drug-likeness (QED) is 0.794. The molecule has 1 amide bonds. The number of carbonyl (C=O) groups excluding carboxylic acids is 1. The van der Waals surface area contributed by atoms with Crippen LogP contribution in [-0.2, 0) is 11.2 Å². The van der Waals surface area contributed by atoms with Gasteiger partial charge in [-0.1, -0.05) is 18.2 Å². The Bertz CT molecular complexity index is 416. The average Bonchev–Trinajstić information content (AvgIpc) is 3.16. The third-order valence-corrected chi connectivity index (χ3v) is 3.30. The molecule has 1 aliphatic rings. The predicted octanol–water partition coefficient (Wildman–Crippen LogP) is 1.15. The number of hydrogen-bond donors (Lipinski definition) is 2. The van der Waals surface area contributed by atoms with Gasteiger partial charge in [0.25, 0.3) is 0 Å². The van der Waals surface area contributed by atoms with E-state index < -0.39 is 0 Å². The van der Waals surface area contributed by atoms with Gasteiger partial charge < -0.3 is 15.3 Å². The molecule has 0 spiro atoms. The number of para-hydroxylation sites is 1. The van der Waals surface area contributed by atoms with Crippen molar-refractivity contribution in [2.75, 3.05) is 20.1 Å². The molecule has 1 fully saturated rings. The molecule has 1 saturated carbocycles. The minimum Gasteiger partial charge on any atom is -0.508 e. The zero-order valence-corrected chi connectivity index (χ0v) is 10.7. The number of amides is 1. The van der Waals surface area contributed by atoms with Crippen LogP contribution < -0.4 is 5.32 Å². The van der Waals surface area contributed by atoms with Crippen molar-refractivity contribution in [2.24, 2.45) is 0 Å². The summed E-state index contributed by atoms with van der Waals surface area (Å²) in [4.78, 5) is 14.0. The van der Waals surface area contributed by atoms with Gasteiger partial charge in [0.15, 0.2) is 0 Å². The van der Waals surface area contributed by atoms with Crippen molar-refractivity contribution in [3.05, 3.63) is 29.8 Å². The molecule has 4 nitrogen and oxygen atoms in total. The van der Waals surface area contributed by atoms with Crippen LogP contribution in [-0.4, -0.2) is 42.1 Å². The fourth-order valence-electron chi connectivity index (χ4n) is 1.97. The van der Waals surface area contributed by atoms with E-state index in [0.29, 0.717) is 12.1 Å². The summed E-state index contributed by atoms with van der Waals surface area (Å²) in [7, 11) is 2.09. The fraction of sp³-hybridized carbons (Fsp3) is 0.500. The van der Waals surface area contributed by atoms with Crippen molar-refractivity contribution >= 4 is 5.91 Å². The third-order valence-electron chi connectivity index (χ3n) is 3.30. The van der Waals surface area contributed by atoms with Crippen LogP contribution in [0.15, 0.2) is 24.3 Å². The molecule has 0 atom stereocenters. The van der Waals surface area contributed by atoms with E-state index in [1.54, 1.807) is 18.2 Å². The van der Waals surface area contributed by atoms with E-state index in [0.717, 1.165) is 12.6 Å². The molecule has 0 radical (unpaired) electrons. The first-order valence-electron chi connectivity index (χ1n) is 6.40. The van der Waals surface area contributed by atoms with Gasteiger partial charge in [-0.2, -0.15) is 0 Å². The van der Waals surface area contributed by atoms with Crippen molar-refractivity contribution in [2.45, 2.75) is 25.3 Å². The summed E-state index contributed by atoms with van der Waals surface area (Å²) in [5.74, 6) is 0.142. The van der Waals surface area contributed by atoms with Gasteiger partial charge in [-0.25, -0.2) is 0 Å². The fourth-order valence-corrected chi connectivity index (χ4v) is 1.97. The number of phenols is 1. The third kappa shape index (κ3) is 3.74. The maximum atomic E-state index is 11.7. The molecule has 0 aromatic heterocycles. The Hall–Kier alpha value is -1.55. The first-order valence-corrected chi connectivity index (χ1v) is 6.40. The summed E-state index contributed by atoms with van der Waals surface area (Å²) in [6, 6.07) is 7.67. The largest absolute Gasteiger partial charge is 0.508 e. The van der Waals surface area contributed by atoms with Crippen molar-refractivity contribution in [3.63, 3.8) is 0 Å². The second kappa shape index (κ2) is 5.87. The Kier molecular flexibility index (Phi) is 4.20. The number of nitrogens with zero attached hydrogens (tertiary/aromatic N) is 1. The maximum Gasteiger partial charge on any atom is 0.224 e. The number of nitrogens with one attached hydrogen (secondary N) is 1. The molecule has 0 unspecified atom stereocenters. The van der Waals surface area contributed by atoms with E-state index in [-0.39, 0.29) is 18.1 Å². The van der Waals surface area contributed by atoms with Crippen LogP contribution in [0.3, 0.4) is 0 Å². The van der Waals surface area contributed by atoms with Crippen LogP contribution in [0, 0.1) is 0 Å².